The number of nitrogens with zero attached hydrogens (tertiary/aromatic N) is 3. The van der Waals surface area contributed by atoms with Gasteiger partial charge in [-0.15, -0.1) is 0 Å². The lowest BCUT2D eigenvalue weighted by molar-refractivity contribution is -0.118. The van der Waals surface area contributed by atoms with Gasteiger partial charge >= 0.3 is 5.69 Å². The Morgan fingerprint density at radius 1 is 1.27 bits per heavy atom. The van der Waals surface area contributed by atoms with E-state index in [2.05, 4.69) is 11.1 Å². The van der Waals surface area contributed by atoms with Crippen LogP contribution in [0.1, 0.15) is 51.2 Å². The molecular formula is C22H29N5O3. The largest absolute Gasteiger partial charge is 0.383 e. The Kier molecular flexibility index (Phi) is 7.98. The van der Waals surface area contributed by atoms with Crippen LogP contribution in [-0.2, 0) is 17.8 Å². The molecule has 30 heavy (non-hydrogen) atoms. The molecule has 8 heteroatoms. The molecule has 0 saturated heterocycles. The van der Waals surface area contributed by atoms with Crippen molar-refractivity contribution in [2.24, 2.45) is 5.92 Å². The zero-order valence-electron chi connectivity index (χ0n) is 17.8. The SMILES string of the molecule is CCCCN(C(=O)CCc1ccc(C#N)cc1)c1c(N)n(CC(C)C)c(=O)[nH]c1=O. The van der Waals surface area contributed by atoms with Crippen LogP contribution in [0.5, 0.6) is 0 Å². The monoisotopic (exact) mass is 411 g/mol. The molecule has 3 N–H and O–H groups in total. The van der Waals surface area contributed by atoms with Gasteiger partial charge < -0.3 is 10.6 Å². The van der Waals surface area contributed by atoms with E-state index in [0.717, 1.165) is 12.0 Å². The first-order chi connectivity index (χ1) is 14.3. The lowest BCUT2D eigenvalue weighted by atomic mass is 10.1. The number of nitrogens with one attached hydrogen (secondary N) is 1. The summed E-state index contributed by atoms with van der Waals surface area (Å²) in [7, 11) is 0. The summed E-state index contributed by atoms with van der Waals surface area (Å²) in [5.74, 6) is -0.0834. The van der Waals surface area contributed by atoms with Crippen molar-refractivity contribution >= 4 is 17.4 Å². The van der Waals surface area contributed by atoms with Gasteiger partial charge in [0, 0.05) is 19.5 Å². The fraction of sp³-hybridized carbons (Fsp3) is 0.455. The number of nitrogen functional groups attached to an aromatic ring is 1. The molecule has 1 heterocycles. The molecule has 1 aromatic carbocycles. The summed E-state index contributed by atoms with van der Waals surface area (Å²) >= 11 is 0. The first-order valence-electron chi connectivity index (χ1n) is 10.2. The van der Waals surface area contributed by atoms with Crippen LogP contribution in [0.3, 0.4) is 0 Å². The highest BCUT2D eigenvalue weighted by Gasteiger charge is 2.24. The van der Waals surface area contributed by atoms with E-state index in [1.807, 2.05) is 32.9 Å². The molecule has 0 bridgehead atoms. The van der Waals surface area contributed by atoms with Crippen LogP contribution in [0.4, 0.5) is 11.5 Å². The van der Waals surface area contributed by atoms with E-state index in [9.17, 15) is 14.4 Å². The molecule has 0 fully saturated rings. The number of hydrogen-bond donors (Lipinski definition) is 2. The fourth-order valence-corrected chi connectivity index (χ4v) is 3.19. The van der Waals surface area contributed by atoms with Crippen molar-refractivity contribution in [3.63, 3.8) is 0 Å². The minimum Gasteiger partial charge on any atom is -0.383 e. The second kappa shape index (κ2) is 10.4. The third-order valence-electron chi connectivity index (χ3n) is 4.78. The molecule has 0 spiro atoms. The summed E-state index contributed by atoms with van der Waals surface area (Å²) in [6.45, 7) is 6.56. The van der Waals surface area contributed by atoms with Crippen molar-refractivity contribution in [3.05, 3.63) is 56.2 Å². The number of rotatable bonds is 9. The number of unbranched alkanes of at least 4 members (excludes halogenated alkanes) is 1. The molecule has 0 unspecified atom stereocenters. The van der Waals surface area contributed by atoms with Crippen molar-refractivity contribution in [2.45, 2.75) is 53.0 Å². The van der Waals surface area contributed by atoms with Crippen molar-refractivity contribution in [1.82, 2.24) is 9.55 Å². The summed E-state index contributed by atoms with van der Waals surface area (Å²) in [4.78, 5) is 41.5. The summed E-state index contributed by atoms with van der Waals surface area (Å²) in [5, 5.41) is 8.90. The standard InChI is InChI=1S/C22H29N5O3/c1-4-5-12-26(18(28)11-10-16-6-8-17(13-23)9-7-16)19-20(24)27(14-15(2)3)22(30)25-21(19)29/h6-9,15H,4-5,10-12,14,24H2,1-3H3,(H,25,29,30). The van der Waals surface area contributed by atoms with Crippen LogP contribution in [0, 0.1) is 17.2 Å². The highest BCUT2D eigenvalue weighted by Crippen LogP contribution is 2.20. The maximum absolute atomic E-state index is 13.0. The maximum atomic E-state index is 13.0. The maximum Gasteiger partial charge on any atom is 0.330 e. The average molecular weight is 412 g/mol. The van der Waals surface area contributed by atoms with Gasteiger partial charge in [0.15, 0.2) is 5.69 Å². The molecule has 1 amide bonds. The number of nitriles is 1. The number of aromatic nitrogens is 2. The summed E-state index contributed by atoms with van der Waals surface area (Å²) in [6.07, 6.45) is 2.18. The summed E-state index contributed by atoms with van der Waals surface area (Å²) in [6, 6.07) is 9.10. The fourth-order valence-electron chi connectivity index (χ4n) is 3.19. The highest BCUT2D eigenvalue weighted by atomic mass is 16.2. The lowest BCUT2D eigenvalue weighted by Crippen LogP contribution is -2.42. The summed E-state index contributed by atoms with van der Waals surface area (Å²) in [5.41, 5.74) is 6.49. The first-order valence-corrected chi connectivity index (χ1v) is 10.2. The number of aromatic amines is 1. The number of aryl methyl sites for hydroxylation is 1. The van der Waals surface area contributed by atoms with E-state index in [4.69, 9.17) is 11.0 Å². The van der Waals surface area contributed by atoms with Gasteiger partial charge in [0.05, 0.1) is 11.6 Å². The number of anilines is 2. The predicted octanol–water partition coefficient (Wildman–Crippen LogP) is 2.41. The quantitative estimate of drug-likeness (QED) is 0.655. The Bertz CT molecular complexity index is 1030. The third-order valence-corrected chi connectivity index (χ3v) is 4.78. The van der Waals surface area contributed by atoms with Gasteiger partial charge in [-0.05, 0) is 36.5 Å². The molecule has 0 radical (unpaired) electrons. The minimum absolute atomic E-state index is 0.0141. The Morgan fingerprint density at radius 2 is 1.93 bits per heavy atom. The second-order valence-corrected chi connectivity index (χ2v) is 7.71. The van der Waals surface area contributed by atoms with Gasteiger partial charge in [0.1, 0.15) is 5.82 Å². The van der Waals surface area contributed by atoms with E-state index in [1.54, 1.807) is 12.1 Å². The third kappa shape index (κ3) is 5.60. The molecule has 0 aliphatic carbocycles. The number of carbonyl (C=O) groups is 1. The number of nitrogens with two attached hydrogens (primary N) is 1. The van der Waals surface area contributed by atoms with Crippen molar-refractivity contribution in [3.8, 4) is 6.07 Å². The van der Waals surface area contributed by atoms with Crippen molar-refractivity contribution < 1.29 is 4.79 Å². The van der Waals surface area contributed by atoms with Crippen LogP contribution in [0.25, 0.3) is 0 Å². The first kappa shape index (κ1) is 22.9. The zero-order chi connectivity index (χ0) is 22.3. The zero-order valence-corrected chi connectivity index (χ0v) is 17.8. The van der Waals surface area contributed by atoms with Crippen LogP contribution in [0.2, 0.25) is 0 Å². The van der Waals surface area contributed by atoms with E-state index in [1.165, 1.54) is 9.47 Å². The Hall–Kier alpha value is -3.34. The second-order valence-electron chi connectivity index (χ2n) is 7.71. The molecule has 0 saturated carbocycles. The number of H-pyrrole nitrogens is 1. The molecule has 2 aromatic rings. The molecular weight excluding hydrogens is 382 g/mol. The van der Waals surface area contributed by atoms with E-state index < -0.39 is 11.2 Å². The molecule has 8 nitrogen and oxygen atoms in total. The van der Waals surface area contributed by atoms with Gasteiger partial charge in [-0.25, -0.2) is 4.79 Å². The van der Waals surface area contributed by atoms with Crippen molar-refractivity contribution in [1.29, 1.82) is 5.26 Å². The van der Waals surface area contributed by atoms with Crippen LogP contribution in [0.15, 0.2) is 33.9 Å². The number of carbonyl (C=O) groups excluding carboxylic acids is 1. The van der Waals surface area contributed by atoms with Crippen LogP contribution in [-0.4, -0.2) is 22.0 Å². The van der Waals surface area contributed by atoms with Gasteiger partial charge in [0.2, 0.25) is 5.91 Å². The lowest BCUT2D eigenvalue weighted by Gasteiger charge is -2.25. The normalized spacial score (nSPS) is 10.8. The van der Waals surface area contributed by atoms with Gasteiger partial charge in [0.25, 0.3) is 5.56 Å². The molecule has 160 valence electrons. The number of amides is 1. The topological polar surface area (TPSA) is 125 Å². The molecule has 2 rings (SSSR count). The Labute approximate surface area is 175 Å². The Balaban J connectivity index is 2.34. The Morgan fingerprint density at radius 3 is 2.50 bits per heavy atom. The number of benzene rings is 1. The number of hydrogen-bond acceptors (Lipinski definition) is 5. The minimum atomic E-state index is -0.652. The van der Waals surface area contributed by atoms with Gasteiger partial charge in [-0.3, -0.25) is 19.1 Å². The van der Waals surface area contributed by atoms with Gasteiger partial charge in [-0.2, -0.15) is 5.26 Å². The van der Waals surface area contributed by atoms with Gasteiger partial charge in [-0.1, -0.05) is 39.3 Å². The van der Waals surface area contributed by atoms with Crippen LogP contribution < -0.4 is 21.9 Å². The van der Waals surface area contributed by atoms with Crippen LogP contribution >= 0.6 is 0 Å². The summed E-state index contributed by atoms with van der Waals surface area (Å²) < 4.78 is 1.31. The van der Waals surface area contributed by atoms with E-state index in [0.29, 0.717) is 31.5 Å². The molecule has 1 aromatic heterocycles. The molecule has 0 atom stereocenters. The smallest absolute Gasteiger partial charge is 0.330 e. The molecule has 0 aliphatic rings. The highest BCUT2D eigenvalue weighted by molar-refractivity contribution is 5.95. The van der Waals surface area contributed by atoms with E-state index in [-0.39, 0.29) is 29.8 Å². The van der Waals surface area contributed by atoms with E-state index >= 15 is 0 Å². The predicted molar refractivity (Wildman–Crippen MR) is 117 cm³/mol. The molecule has 0 aliphatic heterocycles. The average Bonchev–Trinajstić information content (AvgIpc) is 2.71. The van der Waals surface area contributed by atoms with Crippen molar-refractivity contribution in [2.75, 3.05) is 17.2 Å².